The molecule has 7 heteroatoms. The molecule has 0 bridgehead atoms. The normalized spacial score (nSPS) is 19.8. The molecule has 1 saturated carbocycles. The molecule has 1 fully saturated rings. The lowest BCUT2D eigenvalue weighted by Gasteiger charge is -2.13. The molecule has 2 unspecified atom stereocenters. The number of aryl methyl sites for hydroxylation is 2. The quantitative estimate of drug-likeness (QED) is 0.821. The number of nitrogens with one attached hydrogen (secondary N) is 1. The summed E-state index contributed by atoms with van der Waals surface area (Å²) < 4.78 is 1.04. The zero-order chi connectivity index (χ0) is 16.4. The van der Waals surface area contributed by atoms with Crippen LogP contribution in [-0.2, 0) is 4.79 Å². The van der Waals surface area contributed by atoms with Gasteiger partial charge in [0.1, 0.15) is 0 Å². The lowest BCUT2D eigenvalue weighted by molar-refractivity contribution is -0.119. The van der Waals surface area contributed by atoms with E-state index in [1.165, 1.54) is 0 Å². The Bertz CT molecular complexity index is 720. The molecule has 4 nitrogen and oxygen atoms in total. The van der Waals surface area contributed by atoms with E-state index in [1.54, 1.807) is 23.1 Å². The summed E-state index contributed by atoms with van der Waals surface area (Å²) in [4.78, 5) is 17.9. The number of carbonyl (C=O) groups is 1. The van der Waals surface area contributed by atoms with Crippen molar-refractivity contribution in [3.8, 4) is 0 Å². The molecular formula is C17H22ClN3OS2. The summed E-state index contributed by atoms with van der Waals surface area (Å²) in [5, 5.41) is 5.10. The fraction of sp³-hybridized carbons (Fsp3) is 0.412. The molecule has 1 aliphatic carbocycles. The van der Waals surface area contributed by atoms with Crippen molar-refractivity contribution < 1.29 is 4.79 Å². The second kappa shape index (κ2) is 8.34. The van der Waals surface area contributed by atoms with Gasteiger partial charge >= 0.3 is 0 Å². The highest BCUT2D eigenvalue weighted by atomic mass is 35.5. The summed E-state index contributed by atoms with van der Waals surface area (Å²) in [6.07, 6.45) is 2.63. The number of hydrogen-bond acceptors (Lipinski definition) is 5. The molecule has 2 atom stereocenters. The van der Waals surface area contributed by atoms with E-state index in [0.717, 1.165) is 45.4 Å². The maximum atomic E-state index is 12.3. The molecule has 1 aromatic carbocycles. The van der Waals surface area contributed by atoms with Gasteiger partial charge in [0.25, 0.3) is 0 Å². The van der Waals surface area contributed by atoms with E-state index in [9.17, 15) is 4.79 Å². The van der Waals surface area contributed by atoms with E-state index < -0.39 is 0 Å². The van der Waals surface area contributed by atoms with Gasteiger partial charge in [-0.2, -0.15) is 0 Å². The van der Waals surface area contributed by atoms with Gasteiger partial charge in [-0.15, -0.1) is 23.7 Å². The average molecular weight is 384 g/mol. The van der Waals surface area contributed by atoms with Crippen molar-refractivity contribution in [3.05, 3.63) is 34.8 Å². The largest absolute Gasteiger partial charge is 0.328 e. The van der Waals surface area contributed by atoms with Crippen LogP contribution in [0.1, 0.15) is 30.5 Å². The molecule has 1 aromatic heterocycles. The van der Waals surface area contributed by atoms with Crippen LogP contribution in [0.25, 0.3) is 0 Å². The first-order chi connectivity index (χ1) is 11.0. The third-order valence-electron chi connectivity index (χ3n) is 4.10. The van der Waals surface area contributed by atoms with E-state index in [2.05, 4.69) is 21.7 Å². The summed E-state index contributed by atoms with van der Waals surface area (Å²) in [5.41, 5.74) is 8.90. The maximum absolute atomic E-state index is 12.3. The molecule has 0 aliphatic heterocycles. The van der Waals surface area contributed by atoms with E-state index in [4.69, 9.17) is 5.73 Å². The number of amides is 1. The first kappa shape index (κ1) is 19.2. The smallest absolute Gasteiger partial charge is 0.227 e. The lowest BCUT2D eigenvalue weighted by atomic mass is 10.1. The second-order valence-corrected chi connectivity index (χ2v) is 8.27. The topological polar surface area (TPSA) is 68.0 Å². The van der Waals surface area contributed by atoms with E-state index >= 15 is 0 Å². The summed E-state index contributed by atoms with van der Waals surface area (Å²) in [7, 11) is 0. The van der Waals surface area contributed by atoms with Gasteiger partial charge in [-0.25, -0.2) is 4.98 Å². The zero-order valence-corrected chi connectivity index (χ0v) is 16.2. The minimum Gasteiger partial charge on any atom is -0.328 e. The molecule has 1 amide bonds. The zero-order valence-electron chi connectivity index (χ0n) is 13.7. The van der Waals surface area contributed by atoms with Crippen molar-refractivity contribution in [1.29, 1.82) is 0 Å². The summed E-state index contributed by atoms with van der Waals surface area (Å²) >= 11 is 3.31. The van der Waals surface area contributed by atoms with Crippen LogP contribution >= 0.6 is 35.5 Å². The van der Waals surface area contributed by atoms with Crippen LogP contribution in [0.4, 0.5) is 5.69 Å². The van der Waals surface area contributed by atoms with Gasteiger partial charge in [-0.05, 0) is 56.9 Å². The highest BCUT2D eigenvalue weighted by Gasteiger charge is 2.27. The van der Waals surface area contributed by atoms with Crippen molar-refractivity contribution in [2.45, 2.75) is 48.4 Å². The van der Waals surface area contributed by atoms with Crippen molar-refractivity contribution in [2.24, 2.45) is 11.7 Å². The first-order valence-corrected chi connectivity index (χ1v) is 9.48. The van der Waals surface area contributed by atoms with E-state index in [1.807, 2.05) is 26.0 Å². The Balaban J connectivity index is 0.00000208. The van der Waals surface area contributed by atoms with Gasteiger partial charge in [0.05, 0.1) is 0 Å². The average Bonchev–Trinajstić information content (AvgIpc) is 3.10. The van der Waals surface area contributed by atoms with Crippen molar-refractivity contribution in [2.75, 3.05) is 5.32 Å². The van der Waals surface area contributed by atoms with Gasteiger partial charge in [-0.3, -0.25) is 4.79 Å². The highest BCUT2D eigenvalue weighted by Crippen LogP contribution is 2.33. The van der Waals surface area contributed by atoms with Crippen molar-refractivity contribution in [3.63, 3.8) is 0 Å². The number of halogens is 1. The summed E-state index contributed by atoms with van der Waals surface area (Å²) in [5.74, 6) is 0.147. The van der Waals surface area contributed by atoms with E-state index in [-0.39, 0.29) is 30.3 Å². The van der Waals surface area contributed by atoms with Crippen molar-refractivity contribution >= 4 is 47.1 Å². The predicted octanol–water partition coefficient (Wildman–Crippen LogP) is 4.40. The first-order valence-electron chi connectivity index (χ1n) is 7.78. The minimum atomic E-state index is 0. The molecule has 0 radical (unpaired) electrons. The van der Waals surface area contributed by atoms with Gasteiger partial charge in [0, 0.05) is 33.6 Å². The molecule has 0 saturated heterocycles. The lowest BCUT2D eigenvalue weighted by Crippen LogP contribution is -2.23. The highest BCUT2D eigenvalue weighted by molar-refractivity contribution is 8.01. The van der Waals surface area contributed by atoms with Gasteiger partial charge in [0.2, 0.25) is 5.91 Å². The van der Waals surface area contributed by atoms with Crippen LogP contribution in [-0.4, -0.2) is 16.9 Å². The molecule has 0 spiro atoms. The Morgan fingerprint density at radius 3 is 2.75 bits per heavy atom. The van der Waals surface area contributed by atoms with Crippen molar-refractivity contribution in [1.82, 2.24) is 4.98 Å². The number of rotatable bonds is 4. The molecule has 2 aromatic rings. The van der Waals surface area contributed by atoms with Crippen LogP contribution in [0.2, 0.25) is 0 Å². The molecule has 1 heterocycles. The Labute approximate surface area is 157 Å². The van der Waals surface area contributed by atoms with Gasteiger partial charge in [-0.1, -0.05) is 11.8 Å². The summed E-state index contributed by atoms with van der Waals surface area (Å²) in [6, 6.07) is 6.28. The third-order valence-corrected chi connectivity index (χ3v) is 6.15. The summed E-state index contributed by atoms with van der Waals surface area (Å²) in [6.45, 7) is 4.02. The monoisotopic (exact) mass is 383 g/mol. The number of nitrogens with zero attached hydrogens (tertiary/aromatic N) is 1. The fourth-order valence-electron chi connectivity index (χ4n) is 2.81. The van der Waals surface area contributed by atoms with Gasteiger partial charge < -0.3 is 11.1 Å². The van der Waals surface area contributed by atoms with E-state index in [0.29, 0.717) is 0 Å². The Morgan fingerprint density at radius 1 is 1.38 bits per heavy atom. The SMILES string of the molecule is Cc1csc(Sc2ccc(NC(=O)C3CCC(N)C3)c(C)c2)n1.Cl. The molecule has 3 N–H and O–H groups in total. The molecule has 130 valence electrons. The second-order valence-electron chi connectivity index (χ2n) is 6.09. The predicted molar refractivity (Wildman–Crippen MR) is 103 cm³/mol. The minimum absolute atomic E-state index is 0. The van der Waals surface area contributed by atoms with Crippen LogP contribution in [0.5, 0.6) is 0 Å². The van der Waals surface area contributed by atoms with Crippen LogP contribution in [0, 0.1) is 19.8 Å². The Hall–Kier alpha value is -1.08. The molecular weight excluding hydrogens is 362 g/mol. The van der Waals surface area contributed by atoms with Gasteiger partial charge in [0.15, 0.2) is 4.34 Å². The molecule has 24 heavy (non-hydrogen) atoms. The van der Waals surface area contributed by atoms with Crippen LogP contribution in [0.3, 0.4) is 0 Å². The number of carbonyl (C=O) groups excluding carboxylic acids is 1. The maximum Gasteiger partial charge on any atom is 0.227 e. The van der Waals surface area contributed by atoms with Crippen LogP contribution < -0.4 is 11.1 Å². The van der Waals surface area contributed by atoms with Crippen LogP contribution in [0.15, 0.2) is 32.8 Å². The Morgan fingerprint density at radius 2 is 2.17 bits per heavy atom. The standard InChI is InChI=1S/C17H21N3OS2.ClH/c1-10-7-14(23-17-19-11(2)9-22-17)5-6-15(10)20-16(21)12-3-4-13(18)8-12;/h5-7,9,12-13H,3-4,8,18H2,1-2H3,(H,20,21);1H. The number of benzene rings is 1. The third kappa shape index (κ3) is 4.72. The number of nitrogens with two attached hydrogens (primary N) is 1. The number of aromatic nitrogens is 1. The number of hydrogen-bond donors (Lipinski definition) is 2. The number of thiazole rings is 1. The fourth-order valence-corrected chi connectivity index (χ4v) is 4.72. The number of anilines is 1. The molecule has 1 aliphatic rings. The molecule has 3 rings (SSSR count). The Kier molecular flexibility index (Phi) is 6.69.